The van der Waals surface area contributed by atoms with E-state index in [-0.39, 0.29) is 12.2 Å². The van der Waals surface area contributed by atoms with E-state index in [1.165, 1.54) is 0 Å². The lowest BCUT2D eigenvalue weighted by atomic mass is 10.1. The van der Waals surface area contributed by atoms with Crippen LogP contribution < -0.4 is 4.72 Å². The molecule has 0 unspecified atom stereocenters. The maximum Gasteiger partial charge on any atom is 0.235 e. The molecule has 0 saturated heterocycles. The summed E-state index contributed by atoms with van der Waals surface area (Å²) in [4.78, 5) is 24.4. The molecule has 0 aliphatic heterocycles. The first-order valence-corrected chi connectivity index (χ1v) is 10.7. The lowest BCUT2D eigenvalue weighted by Gasteiger charge is -2.10. The van der Waals surface area contributed by atoms with Crippen LogP contribution in [0.5, 0.6) is 0 Å². The van der Waals surface area contributed by atoms with Gasteiger partial charge in [0.05, 0.1) is 28.4 Å². The maximum absolute atomic E-state index is 12.6. The van der Waals surface area contributed by atoms with E-state index >= 15 is 0 Å². The number of hydrogen-bond donors (Lipinski definition) is 2. The second-order valence-corrected chi connectivity index (χ2v) is 9.36. The summed E-state index contributed by atoms with van der Waals surface area (Å²) < 4.78 is 26.6. The van der Waals surface area contributed by atoms with E-state index in [0.29, 0.717) is 28.2 Å². The second kappa shape index (κ2) is 7.29. The molecule has 2 N–H and O–H groups in total. The van der Waals surface area contributed by atoms with Crippen molar-refractivity contribution in [3.63, 3.8) is 0 Å². The Bertz CT molecular complexity index is 1330. The van der Waals surface area contributed by atoms with Gasteiger partial charge in [-0.15, -0.1) is 0 Å². The number of pyridine rings is 1. The Hall–Kier alpha value is -3.26. The molecule has 2 aromatic carbocycles. The van der Waals surface area contributed by atoms with Crippen LogP contribution in [0.4, 0.5) is 5.69 Å². The lowest BCUT2D eigenvalue weighted by Crippen LogP contribution is -2.22. The number of ketones is 1. The van der Waals surface area contributed by atoms with Gasteiger partial charge in [0.1, 0.15) is 11.5 Å². The third-order valence-electron chi connectivity index (χ3n) is 4.66. The Morgan fingerprint density at radius 1 is 1.10 bits per heavy atom. The van der Waals surface area contributed by atoms with Crippen molar-refractivity contribution in [3.05, 3.63) is 66.2 Å². The monoisotopic (exact) mass is 408 g/mol. The van der Waals surface area contributed by atoms with Crippen LogP contribution in [0.3, 0.4) is 0 Å². The number of hydrogen-bond acceptors (Lipinski definition) is 5. The average Bonchev–Trinajstić information content (AvgIpc) is 3.08. The normalized spacial score (nSPS) is 12.0. The van der Waals surface area contributed by atoms with Crippen LogP contribution in [0.1, 0.15) is 30.2 Å². The van der Waals surface area contributed by atoms with E-state index in [1.54, 1.807) is 44.3 Å². The fraction of sp³-hybridized carbons (Fsp3) is 0.190. The number of benzene rings is 2. The minimum absolute atomic E-state index is 0.0765. The van der Waals surface area contributed by atoms with Gasteiger partial charge < -0.3 is 4.98 Å². The van der Waals surface area contributed by atoms with Crippen LogP contribution in [-0.2, 0) is 16.4 Å². The molecular formula is C21H20N4O3S. The molecule has 0 radical (unpaired) electrons. The molecule has 0 atom stereocenters. The fourth-order valence-electron chi connectivity index (χ4n) is 2.97. The first-order chi connectivity index (χ1) is 13.8. The number of Topliss-reactive ketones (excluding diaryl/α,β-unsaturated/α-hetero) is 1. The van der Waals surface area contributed by atoms with Gasteiger partial charge in [-0.25, -0.2) is 13.4 Å². The first kappa shape index (κ1) is 19.1. The summed E-state index contributed by atoms with van der Waals surface area (Å²) >= 11 is 0. The van der Waals surface area contributed by atoms with E-state index in [9.17, 15) is 13.2 Å². The minimum atomic E-state index is -3.43. The summed E-state index contributed by atoms with van der Waals surface area (Å²) in [6.45, 7) is 3.23. The topological polar surface area (TPSA) is 105 Å². The summed E-state index contributed by atoms with van der Waals surface area (Å²) in [7, 11) is -3.43. The van der Waals surface area contributed by atoms with Gasteiger partial charge in [0, 0.05) is 11.6 Å². The van der Waals surface area contributed by atoms with Gasteiger partial charge in [-0.05, 0) is 43.5 Å². The van der Waals surface area contributed by atoms with Crippen LogP contribution >= 0.6 is 0 Å². The van der Waals surface area contributed by atoms with Crippen LogP contribution in [0.25, 0.3) is 21.8 Å². The van der Waals surface area contributed by atoms with Crippen molar-refractivity contribution in [3.8, 4) is 0 Å². The highest BCUT2D eigenvalue weighted by molar-refractivity contribution is 7.93. The molecule has 4 rings (SSSR count). The number of aromatic nitrogens is 3. The number of rotatable bonds is 6. The lowest BCUT2D eigenvalue weighted by molar-refractivity contribution is 0.0986. The zero-order valence-electron chi connectivity index (χ0n) is 16.0. The molecule has 2 heterocycles. The van der Waals surface area contributed by atoms with E-state index < -0.39 is 15.3 Å². The Labute approximate surface area is 168 Å². The number of carbonyl (C=O) groups is 1. The number of anilines is 1. The molecule has 0 amide bonds. The number of nitrogens with one attached hydrogen (secondary N) is 2. The van der Waals surface area contributed by atoms with E-state index in [4.69, 9.17) is 0 Å². The molecule has 2 aromatic heterocycles. The minimum Gasteiger partial charge on any atom is -0.342 e. The highest BCUT2D eigenvalue weighted by Gasteiger charge is 2.17. The van der Waals surface area contributed by atoms with Gasteiger partial charge >= 0.3 is 0 Å². The maximum atomic E-state index is 12.6. The Morgan fingerprint density at radius 2 is 1.86 bits per heavy atom. The molecule has 29 heavy (non-hydrogen) atoms. The van der Waals surface area contributed by atoms with Gasteiger partial charge in [0.2, 0.25) is 10.0 Å². The van der Waals surface area contributed by atoms with Gasteiger partial charge in [-0.2, -0.15) is 0 Å². The number of fused-ring (bicyclic) bond motifs is 2. The van der Waals surface area contributed by atoms with Gasteiger partial charge in [-0.1, -0.05) is 24.3 Å². The predicted octanol–water partition coefficient (Wildman–Crippen LogP) is 3.69. The third kappa shape index (κ3) is 3.97. The molecule has 4 aromatic rings. The van der Waals surface area contributed by atoms with Gasteiger partial charge in [-0.3, -0.25) is 14.5 Å². The molecular weight excluding hydrogens is 388 g/mol. The van der Waals surface area contributed by atoms with Crippen LogP contribution in [0.2, 0.25) is 0 Å². The number of H-pyrrole nitrogens is 1. The standard InChI is InChI=1S/C21H20N4O3S/c1-13(2)29(27,28)25-16-7-8-17-18(10-16)24-21(23-17)11-20(26)19-9-14-5-3-4-6-15(14)12-22-19/h3-10,12-13,25H,11H2,1-2H3,(H,23,24). The molecule has 7 nitrogen and oxygen atoms in total. The van der Waals surface area contributed by atoms with Gasteiger partial charge in [0.15, 0.2) is 5.78 Å². The Morgan fingerprint density at radius 3 is 2.62 bits per heavy atom. The summed E-state index contributed by atoms with van der Waals surface area (Å²) in [5.74, 6) is 0.361. The summed E-state index contributed by atoms with van der Waals surface area (Å²) in [5, 5.41) is 1.39. The van der Waals surface area contributed by atoms with Crippen molar-refractivity contribution in [2.75, 3.05) is 4.72 Å². The third-order valence-corrected chi connectivity index (χ3v) is 6.42. The predicted molar refractivity (Wildman–Crippen MR) is 114 cm³/mol. The molecule has 0 aliphatic rings. The van der Waals surface area contributed by atoms with Gasteiger partial charge in [0.25, 0.3) is 0 Å². The number of imidazole rings is 1. The summed E-state index contributed by atoms with van der Waals surface area (Å²) in [6.07, 6.45) is 1.77. The molecule has 8 heteroatoms. The molecule has 0 aliphatic carbocycles. The highest BCUT2D eigenvalue weighted by Crippen LogP contribution is 2.20. The van der Waals surface area contributed by atoms with Crippen molar-refractivity contribution in [1.82, 2.24) is 15.0 Å². The van der Waals surface area contributed by atoms with Crippen molar-refractivity contribution in [1.29, 1.82) is 0 Å². The number of aromatic amines is 1. The number of carbonyl (C=O) groups excluding carboxylic acids is 1. The van der Waals surface area contributed by atoms with E-state index in [2.05, 4.69) is 19.7 Å². The molecule has 148 valence electrons. The van der Waals surface area contributed by atoms with Crippen LogP contribution in [0, 0.1) is 0 Å². The SMILES string of the molecule is CC(C)S(=O)(=O)Nc1ccc2nc(CC(=O)c3cc4ccccc4cn3)[nH]c2c1. The van der Waals surface area contributed by atoms with Crippen molar-refractivity contribution >= 4 is 43.3 Å². The summed E-state index contributed by atoms with van der Waals surface area (Å²) in [6, 6.07) is 14.5. The molecule has 0 fully saturated rings. The second-order valence-electron chi connectivity index (χ2n) is 7.13. The number of sulfonamides is 1. The smallest absolute Gasteiger partial charge is 0.235 e. The van der Waals surface area contributed by atoms with E-state index in [1.807, 2.05) is 24.3 Å². The largest absolute Gasteiger partial charge is 0.342 e. The zero-order valence-corrected chi connectivity index (χ0v) is 16.8. The van der Waals surface area contributed by atoms with Crippen molar-refractivity contribution < 1.29 is 13.2 Å². The quantitative estimate of drug-likeness (QED) is 0.474. The number of nitrogens with zero attached hydrogens (tertiary/aromatic N) is 2. The summed E-state index contributed by atoms with van der Waals surface area (Å²) in [5.41, 5.74) is 2.15. The zero-order chi connectivity index (χ0) is 20.6. The first-order valence-electron chi connectivity index (χ1n) is 9.20. The molecule has 0 bridgehead atoms. The van der Waals surface area contributed by atoms with E-state index in [0.717, 1.165) is 10.8 Å². The van der Waals surface area contributed by atoms with Crippen molar-refractivity contribution in [2.24, 2.45) is 0 Å². The van der Waals surface area contributed by atoms with Crippen LogP contribution in [-0.4, -0.2) is 34.4 Å². The molecule has 0 saturated carbocycles. The highest BCUT2D eigenvalue weighted by atomic mass is 32.2. The molecule has 0 spiro atoms. The Balaban J connectivity index is 1.56. The van der Waals surface area contributed by atoms with Crippen LogP contribution in [0.15, 0.2) is 54.7 Å². The fourth-order valence-corrected chi connectivity index (χ4v) is 3.66. The average molecular weight is 408 g/mol. The Kier molecular flexibility index (Phi) is 4.79. The van der Waals surface area contributed by atoms with Crippen molar-refractivity contribution in [2.45, 2.75) is 25.5 Å².